The third-order valence-corrected chi connectivity index (χ3v) is 5.97. The molecular weight excluding hydrogens is 372 g/mol. The second-order valence-electron chi connectivity index (χ2n) is 7.73. The van der Waals surface area contributed by atoms with Crippen LogP contribution < -0.4 is 9.47 Å². The summed E-state index contributed by atoms with van der Waals surface area (Å²) in [6.07, 6.45) is 4.77. The molecular formula is C26H24N2O2. The van der Waals surface area contributed by atoms with Gasteiger partial charge < -0.3 is 9.47 Å². The van der Waals surface area contributed by atoms with E-state index < -0.39 is 0 Å². The summed E-state index contributed by atoms with van der Waals surface area (Å²) in [6.45, 7) is 0. The highest BCUT2D eigenvalue weighted by Crippen LogP contribution is 2.36. The molecule has 0 aliphatic heterocycles. The second-order valence-corrected chi connectivity index (χ2v) is 7.73. The van der Waals surface area contributed by atoms with E-state index in [9.17, 15) is 0 Å². The number of nitrogens with zero attached hydrogens (tertiary/aromatic N) is 2. The van der Waals surface area contributed by atoms with Crippen LogP contribution in [0.3, 0.4) is 0 Å². The number of hydrogen-bond donors (Lipinski definition) is 0. The highest BCUT2D eigenvalue weighted by atomic mass is 16.5. The van der Waals surface area contributed by atoms with Gasteiger partial charge in [0.2, 0.25) is 0 Å². The van der Waals surface area contributed by atoms with Crippen molar-refractivity contribution < 1.29 is 9.47 Å². The zero-order chi connectivity index (χ0) is 20.5. The Morgan fingerprint density at radius 2 is 1.00 bits per heavy atom. The van der Waals surface area contributed by atoms with Crippen LogP contribution >= 0.6 is 0 Å². The van der Waals surface area contributed by atoms with Crippen molar-refractivity contribution in [1.82, 2.24) is 10.2 Å². The maximum atomic E-state index is 5.32. The van der Waals surface area contributed by atoms with Crippen LogP contribution in [0.25, 0.3) is 33.3 Å². The van der Waals surface area contributed by atoms with Crippen molar-refractivity contribution in [1.29, 1.82) is 0 Å². The predicted octanol–water partition coefficient (Wildman–Crippen LogP) is 5.86. The molecule has 4 nitrogen and oxygen atoms in total. The Bertz CT molecular complexity index is 1100. The Morgan fingerprint density at radius 1 is 0.600 bits per heavy atom. The highest BCUT2D eigenvalue weighted by molar-refractivity contribution is 6.02. The van der Waals surface area contributed by atoms with Crippen molar-refractivity contribution in [2.45, 2.75) is 25.7 Å². The van der Waals surface area contributed by atoms with Gasteiger partial charge in [-0.25, -0.2) is 0 Å². The minimum absolute atomic E-state index is 0.836. The van der Waals surface area contributed by atoms with Crippen LogP contribution in [0.1, 0.15) is 24.0 Å². The first kappa shape index (κ1) is 18.6. The third kappa shape index (κ3) is 3.28. The molecule has 4 aromatic rings. The molecule has 0 saturated heterocycles. The first-order valence-electron chi connectivity index (χ1n) is 10.4. The Balaban J connectivity index is 1.73. The van der Waals surface area contributed by atoms with E-state index in [0.717, 1.165) is 57.6 Å². The average molecular weight is 396 g/mol. The van der Waals surface area contributed by atoms with E-state index in [-0.39, 0.29) is 0 Å². The predicted molar refractivity (Wildman–Crippen MR) is 120 cm³/mol. The Morgan fingerprint density at radius 3 is 1.37 bits per heavy atom. The molecule has 0 spiro atoms. The van der Waals surface area contributed by atoms with E-state index in [0.29, 0.717) is 0 Å². The summed E-state index contributed by atoms with van der Waals surface area (Å²) < 4.78 is 10.6. The van der Waals surface area contributed by atoms with Gasteiger partial charge in [0.15, 0.2) is 0 Å². The summed E-state index contributed by atoms with van der Waals surface area (Å²) >= 11 is 0. The fourth-order valence-corrected chi connectivity index (χ4v) is 4.31. The van der Waals surface area contributed by atoms with E-state index >= 15 is 0 Å². The van der Waals surface area contributed by atoms with Gasteiger partial charge in [0, 0.05) is 21.9 Å². The van der Waals surface area contributed by atoms with Crippen molar-refractivity contribution >= 4 is 10.8 Å². The van der Waals surface area contributed by atoms with Gasteiger partial charge in [-0.05, 0) is 97.5 Å². The lowest BCUT2D eigenvalue weighted by Crippen LogP contribution is -2.04. The number of fused-ring (bicyclic) bond motifs is 2. The van der Waals surface area contributed by atoms with Crippen molar-refractivity contribution in [3.05, 3.63) is 71.8 Å². The van der Waals surface area contributed by atoms with Crippen LogP contribution in [0.15, 0.2) is 60.7 Å². The molecule has 150 valence electrons. The van der Waals surface area contributed by atoms with Gasteiger partial charge in [0.05, 0.1) is 14.2 Å². The largest absolute Gasteiger partial charge is 0.497 e. The molecule has 0 atom stereocenters. The molecule has 1 aliphatic rings. The molecule has 0 saturated carbocycles. The lowest BCUT2D eigenvalue weighted by atomic mass is 9.87. The molecule has 30 heavy (non-hydrogen) atoms. The summed E-state index contributed by atoms with van der Waals surface area (Å²) in [5.41, 5.74) is 6.81. The van der Waals surface area contributed by atoms with Gasteiger partial charge in [-0.1, -0.05) is 0 Å². The molecule has 1 heterocycles. The minimum atomic E-state index is 0.836. The SMILES string of the molecule is COc1ccc(-c2nnc(-c3ccc(OC)cc3)c3cc4c(cc23)CCCC4)cc1. The monoisotopic (exact) mass is 396 g/mol. The molecule has 3 aromatic carbocycles. The molecule has 0 unspecified atom stereocenters. The van der Waals surface area contributed by atoms with Gasteiger partial charge in [0.1, 0.15) is 22.9 Å². The summed E-state index contributed by atoms with van der Waals surface area (Å²) in [7, 11) is 3.36. The molecule has 0 fully saturated rings. The van der Waals surface area contributed by atoms with Crippen LogP contribution in [0, 0.1) is 0 Å². The fourth-order valence-electron chi connectivity index (χ4n) is 4.31. The van der Waals surface area contributed by atoms with E-state index in [1.54, 1.807) is 14.2 Å². The van der Waals surface area contributed by atoms with Crippen molar-refractivity contribution in [3.8, 4) is 34.0 Å². The van der Waals surface area contributed by atoms with Crippen molar-refractivity contribution in [2.24, 2.45) is 0 Å². The molecule has 5 rings (SSSR count). The van der Waals surface area contributed by atoms with E-state index in [1.807, 2.05) is 24.3 Å². The smallest absolute Gasteiger partial charge is 0.118 e. The van der Waals surface area contributed by atoms with Crippen LogP contribution in [0.4, 0.5) is 0 Å². The van der Waals surface area contributed by atoms with Gasteiger partial charge in [0.25, 0.3) is 0 Å². The van der Waals surface area contributed by atoms with Gasteiger partial charge in [-0.15, -0.1) is 10.2 Å². The van der Waals surface area contributed by atoms with Crippen LogP contribution in [-0.2, 0) is 12.8 Å². The van der Waals surface area contributed by atoms with E-state index in [2.05, 4.69) is 46.6 Å². The molecule has 4 heteroatoms. The van der Waals surface area contributed by atoms with E-state index in [4.69, 9.17) is 9.47 Å². The van der Waals surface area contributed by atoms with Crippen molar-refractivity contribution in [3.63, 3.8) is 0 Å². The van der Waals surface area contributed by atoms with Gasteiger partial charge in [-0.2, -0.15) is 0 Å². The van der Waals surface area contributed by atoms with Crippen molar-refractivity contribution in [2.75, 3.05) is 14.2 Å². The lowest BCUT2D eigenvalue weighted by molar-refractivity contribution is 0.414. The number of rotatable bonds is 4. The molecule has 1 aliphatic carbocycles. The lowest BCUT2D eigenvalue weighted by Gasteiger charge is -2.19. The zero-order valence-electron chi connectivity index (χ0n) is 17.3. The first-order valence-corrected chi connectivity index (χ1v) is 10.4. The first-order chi connectivity index (χ1) is 14.8. The second kappa shape index (κ2) is 7.79. The summed E-state index contributed by atoms with van der Waals surface area (Å²) in [4.78, 5) is 0. The van der Waals surface area contributed by atoms with E-state index in [1.165, 1.54) is 24.0 Å². The summed E-state index contributed by atoms with van der Waals surface area (Å²) in [5.74, 6) is 1.67. The Hall–Kier alpha value is -3.40. The molecule has 0 radical (unpaired) electrons. The summed E-state index contributed by atoms with van der Waals surface area (Å²) in [6, 6.07) is 20.8. The Kier molecular flexibility index (Phi) is 4.83. The minimum Gasteiger partial charge on any atom is -0.497 e. The zero-order valence-corrected chi connectivity index (χ0v) is 17.3. The maximum absolute atomic E-state index is 5.32. The topological polar surface area (TPSA) is 44.2 Å². The normalized spacial score (nSPS) is 13.1. The number of benzene rings is 3. The quantitative estimate of drug-likeness (QED) is 0.433. The maximum Gasteiger partial charge on any atom is 0.118 e. The molecule has 0 bridgehead atoms. The molecule has 0 N–H and O–H groups in total. The molecule has 0 amide bonds. The standard InChI is InChI=1S/C26H24N2O2/c1-29-21-11-7-17(8-12-21)25-23-15-19-5-3-4-6-20(19)16-24(23)26(28-27-25)18-9-13-22(30-2)14-10-18/h7-16H,3-6H2,1-2H3. The van der Waals surface area contributed by atoms with Crippen LogP contribution in [-0.4, -0.2) is 24.4 Å². The van der Waals surface area contributed by atoms with Crippen LogP contribution in [0.5, 0.6) is 11.5 Å². The fraction of sp³-hybridized carbons (Fsp3) is 0.231. The average Bonchev–Trinajstić information content (AvgIpc) is 2.82. The summed E-state index contributed by atoms with van der Waals surface area (Å²) in [5, 5.41) is 11.7. The highest BCUT2D eigenvalue weighted by Gasteiger charge is 2.17. The Labute approximate surface area is 176 Å². The number of hydrogen-bond acceptors (Lipinski definition) is 4. The number of aromatic nitrogens is 2. The number of methoxy groups -OCH3 is 2. The number of aryl methyl sites for hydroxylation is 2. The number of ether oxygens (including phenoxy) is 2. The molecule has 1 aromatic heterocycles. The van der Waals surface area contributed by atoms with Gasteiger partial charge in [-0.3, -0.25) is 0 Å². The van der Waals surface area contributed by atoms with Crippen LogP contribution in [0.2, 0.25) is 0 Å². The third-order valence-electron chi connectivity index (χ3n) is 5.97. The van der Waals surface area contributed by atoms with Gasteiger partial charge >= 0.3 is 0 Å².